The van der Waals surface area contributed by atoms with Gasteiger partial charge in [0.05, 0.1) is 15.2 Å². The first-order valence-electron chi connectivity index (χ1n) is 8.41. The first-order chi connectivity index (χ1) is 12.7. The van der Waals surface area contributed by atoms with Crippen molar-refractivity contribution in [3.63, 3.8) is 0 Å². The fourth-order valence-corrected chi connectivity index (χ4v) is 3.82. The smallest absolute Gasteiger partial charge is 0.224 e. The third-order valence-electron chi connectivity index (χ3n) is 4.13. The second kappa shape index (κ2) is 7.09. The van der Waals surface area contributed by atoms with Gasteiger partial charge in [-0.25, -0.2) is 9.97 Å². The van der Waals surface area contributed by atoms with Crippen LogP contribution in [0.4, 0.5) is 5.69 Å². The van der Waals surface area contributed by atoms with Crippen LogP contribution in [-0.2, 0) is 18.3 Å². The third kappa shape index (κ3) is 3.50. The summed E-state index contributed by atoms with van der Waals surface area (Å²) in [5, 5.41) is 3.96. The van der Waals surface area contributed by atoms with Gasteiger partial charge in [0.1, 0.15) is 5.82 Å². The molecule has 0 aliphatic rings. The number of aromatic nitrogens is 3. The molecule has 0 saturated heterocycles. The van der Waals surface area contributed by atoms with Gasteiger partial charge in [-0.3, -0.25) is 4.79 Å². The van der Waals surface area contributed by atoms with Crippen LogP contribution in [0.2, 0.25) is 0 Å². The Morgan fingerprint density at radius 3 is 2.88 bits per heavy atom. The van der Waals surface area contributed by atoms with Crippen molar-refractivity contribution in [1.82, 2.24) is 14.5 Å². The predicted molar refractivity (Wildman–Crippen MR) is 105 cm³/mol. The SMILES string of the molecule is Cn1ccnc1-c1cccc(NC(=O)CCc2nc3ccccc3s2)c1. The van der Waals surface area contributed by atoms with Gasteiger partial charge in [-0.1, -0.05) is 24.3 Å². The summed E-state index contributed by atoms with van der Waals surface area (Å²) in [6.45, 7) is 0. The zero-order chi connectivity index (χ0) is 17.9. The van der Waals surface area contributed by atoms with E-state index >= 15 is 0 Å². The molecule has 6 heteroatoms. The first kappa shape index (κ1) is 16.5. The van der Waals surface area contributed by atoms with Crippen molar-refractivity contribution >= 4 is 33.1 Å². The molecule has 0 aliphatic carbocycles. The highest BCUT2D eigenvalue weighted by Gasteiger charge is 2.09. The van der Waals surface area contributed by atoms with E-state index in [2.05, 4.69) is 21.4 Å². The molecule has 0 aliphatic heterocycles. The molecule has 0 fully saturated rings. The molecular formula is C20H18N4OS. The van der Waals surface area contributed by atoms with Crippen molar-refractivity contribution in [2.75, 3.05) is 5.32 Å². The lowest BCUT2D eigenvalue weighted by Gasteiger charge is -2.07. The Morgan fingerprint density at radius 1 is 1.19 bits per heavy atom. The maximum atomic E-state index is 12.3. The summed E-state index contributed by atoms with van der Waals surface area (Å²) < 4.78 is 3.11. The number of imidazole rings is 1. The Hall–Kier alpha value is -2.99. The van der Waals surface area contributed by atoms with Gasteiger partial charge in [0.25, 0.3) is 0 Å². The molecule has 2 aromatic carbocycles. The molecule has 0 radical (unpaired) electrons. The molecule has 0 saturated carbocycles. The lowest BCUT2D eigenvalue weighted by Crippen LogP contribution is -2.12. The van der Waals surface area contributed by atoms with E-state index in [1.165, 1.54) is 0 Å². The van der Waals surface area contributed by atoms with Crippen LogP contribution in [0, 0.1) is 0 Å². The van der Waals surface area contributed by atoms with Crippen molar-refractivity contribution < 1.29 is 4.79 Å². The maximum absolute atomic E-state index is 12.3. The zero-order valence-electron chi connectivity index (χ0n) is 14.3. The fraction of sp³-hybridized carbons (Fsp3) is 0.150. The molecule has 1 amide bonds. The molecule has 0 atom stereocenters. The highest BCUT2D eigenvalue weighted by atomic mass is 32.1. The first-order valence-corrected chi connectivity index (χ1v) is 9.23. The number of anilines is 1. The van der Waals surface area contributed by atoms with E-state index in [9.17, 15) is 4.79 Å². The number of hydrogen-bond acceptors (Lipinski definition) is 4. The molecule has 0 spiro atoms. The summed E-state index contributed by atoms with van der Waals surface area (Å²) in [6, 6.07) is 15.8. The van der Waals surface area contributed by atoms with E-state index < -0.39 is 0 Å². The summed E-state index contributed by atoms with van der Waals surface area (Å²) in [7, 11) is 1.95. The van der Waals surface area contributed by atoms with Crippen molar-refractivity contribution in [3.8, 4) is 11.4 Å². The lowest BCUT2D eigenvalue weighted by molar-refractivity contribution is -0.116. The fourth-order valence-electron chi connectivity index (χ4n) is 2.85. The number of benzene rings is 2. The highest BCUT2D eigenvalue weighted by Crippen LogP contribution is 2.23. The monoisotopic (exact) mass is 362 g/mol. The number of amides is 1. The minimum atomic E-state index is -0.0127. The number of fused-ring (bicyclic) bond motifs is 1. The Balaban J connectivity index is 1.41. The van der Waals surface area contributed by atoms with Gasteiger partial charge in [0.15, 0.2) is 0 Å². The summed E-state index contributed by atoms with van der Waals surface area (Å²) in [5.41, 5.74) is 2.75. The number of nitrogens with zero attached hydrogens (tertiary/aromatic N) is 3. The summed E-state index contributed by atoms with van der Waals surface area (Å²) in [4.78, 5) is 21.2. The zero-order valence-corrected chi connectivity index (χ0v) is 15.2. The molecule has 2 aromatic heterocycles. The molecule has 5 nitrogen and oxygen atoms in total. The van der Waals surface area contributed by atoms with E-state index in [4.69, 9.17) is 0 Å². The molecular weight excluding hydrogens is 344 g/mol. The number of thiazole rings is 1. The van der Waals surface area contributed by atoms with Gasteiger partial charge in [-0.05, 0) is 24.3 Å². The van der Waals surface area contributed by atoms with Gasteiger partial charge < -0.3 is 9.88 Å². The standard InChI is InChI=1S/C20H18N4OS/c1-24-12-11-21-20(24)14-5-4-6-15(13-14)22-18(25)9-10-19-23-16-7-2-3-8-17(16)26-19/h2-8,11-13H,9-10H2,1H3,(H,22,25). The minimum Gasteiger partial charge on any atom is -0.334 e. The van der Waals surface area contributed by atoms with Crippen molar-refractivity contribution in [2.24, 2.45) is 7.05 Å². The number of nitrogens with one attached hydrogen (secondary N) is 1. The average Bonchev–Trinajstić information content (AvgIpc) is 3.25. The van der Waals surface area contributed by atoms with Gasteiger partial charge in [-0.2, -0.15) is 0 Å². The Bertz CT molecular complexity index is 1030. The number of hydrogen-bond donors (Lipinski definition) is 1. The van der Waals surface area contributed by atoms with E-state index in [-0.39, 0.29) is 5.91 Å². The van der Waals surface area contributed by atoms with E-state index in [0.29, 0.717) is 12.8 Å². The second-order valence-electron chi connectivity index (χ2n) is 6.07. The van der Waals surface area contributed by atoms with Crippen LogP contribution in [0.1, 0.15) is 11.4 Å². The predicted octanol–water partition coefficient (Wildman–Crippen LogP) is 4.27. The van der Waals surface area contributed by atoms with Crippen molar-refractivity contribution in [1.29, 1.82) is 0 Å². The minimum absolute atomic E-state index is 0.0127. The van der Waals surface area contributed by atoms with Gasteiger partial charge in [0, 0.05) is 43.5 Å². The molecule has 26 heavy (non-hydrogen) atoms. The second-order valence-corrected chi connectivity index (χ2v) is 7.18. The Labute approximate surface area is 155 Å². The molecule has 0 bridgehead atoms. The number of para-hydroxylation sites is 1. The normalized spacial score (nSPS) is 11.0. The molecule has 4 rings (SSSR count). The van der Waals surface area contributed by atoms with Crippen LogP contribution in [0.25, 0.3) is 21.6 Å². The van der Waals surface area contributed by atoms with Crippen molar-refractivity contribution in [3.05, 3.63) is 65.9 Å². The lowest BCUT2D eigenvalue weighted by atomic mass is 10.2. The molecule has 130 valence electrons. The summed E-state index contributed by atoms with van der Waals surface area (Å²) in [5.74, 6) is 0.858. The summed E-state index contributed by atoms with van der Waals surface area (Å²) >= 11 is 1.65. The highest BCUT2D eigenvalue weighted by molar-refractivity contribution is 7.18. The number of rotatable bonds is 5. The molecule has 1 N–H and O–H groups in total. The molecule has 2 heterocycles. The molecule has 0 unspecified atom stereocenters. The van der Waals surface area contributed by atoms with Crippen LogP contribution in [-0.4, -0.2) is 20.4 Å². The number of carbonyl (C=O) groups is 1. The van der Waals surface area contributed by atoms with E-state index in [0.717, 1.165) is 32.3 Å². The average molecular weight is 362 g/mol. The number of aryl methyl sites for hydroxylation is 2. The Morgan fingerprint density at radius 2 is 2.08 bits per heavy atom. The van der Waals surface area contributed by atoms with Crippen molar-refractivity contribution in [2.45, 2.75) is 12.8 Å². The van der Waals surface area contributed by atoms with E-state index in [1.54, 1.807) is 17.5 Å². The number of carbonyl (C=O) groups excluding carboxylic acids is 1. The van der Waals surface area contributed by atoms with Gasteiger partial charge in [0.2, 0.25) is 5.91 Å². The summed E-state index contributed by atoms with van der Waals surface area (Å²) in [6.07, 6.45) is 4.72. The quantitative estimate of drug-likeness (QED) is 0.577. The maximum Gasteiger partial charge on any atom is 0.224 e. The van der Waals surface area contributed by atoms with Gasteiger partial charge >= 0.3 is 0 Å². The topological polar surface area (TPSA) is 59.8 Å². The molecule has 4 aromatic rings. The van der Waals surface area contributed by atoms with Crippen LogP contribution < -0.4 is 5.32 Å². The third-order valence-corrected chi connectivity index (χ3v) is 5.23. The van der Waals surface area contributed by atoms with E-state index in [1.807, 2.05) is 60.3 Å². The Kier molecular flexibility index (Phi) is 4.50. The van der Waals surface area contributed by atoms with Crippen LogP contribution in [0.3, 0.4) is 0 Å². The van der Waals surface area contributed by atoms with Crippen LogP contribution in [0.5, 0.6) is 0 Å². The van der Waals surface area contributed by atoms with Crippen LogP contribution >= 0.6 is 11.3 Å². The van der Waals surface area contributed by atoms with Crippen LogP contribution in [0.15, 0.2) is 60.9 Å². The van der Waals surface area contributed by atoms with Gasteiger partial charge in [-0.15, -0.1) is 11.3 Å². The largest absolute Gasteiger partial charge is 0.334 e.